The zero-order chi connectivity index (χ0) is 13.7. The topological polar surface area (TPSA) is 53.0 Å². The van der Waals surface area contributed by atoms with Crippen molar-refractivity contribution >= 4 is 0 Å². The molecule has 0 amide bonds. The van der Waals surface area contributed by atoms with E-state index in [0.29, 0.717) is 12.0 Å². The lowest BCUT2D eigenvalue weighted by Gasteiger charge is -2.32. The third-order valence-electron chi connectivity index (χ3n) is 4.31. The summed E-state index contributed by atoms with van der Waals surface area (Å²) in [5.41, 5.74) is 7.82. The van der Waals surface area contributed by atoms with Gasteiger partial charge in [0.05, 0.1) is 11.6 Å². The molecular weight excluding hydrogens is 234 g/mol. The minimum Gasteiger partial charge on any atom is -0.330 e. The summed E-state index contributed by atoms with van der Waals surface area (Å²) in [5, 5.41) is 9.18. The highest BCUT2D eigenvalue weighted by Crippen LogP contribution is 2.30. The average Bonchev–Trinajstić information content (AvgIpc) is 2.93. The first kappa shape index (κ1) is 14.0. The van der Waals surface area contributed by atoms with Crippen LogP contribution >= 0.6 is 0 Å². The van der Waals surface area contributed by atoms with Gasteiger partial charge in [-0.05, 0) is 43.5 Å². The van der Waals surface area contributed by atoms with Crippen molar-refractivity contribution < 1.29 is 0 Å². The van der Waals surface area contributed by atoms with Crippen LogP contribution in [0.5, 0.6) is 0 Å². The van der Waals surface area contributed by atoms with Crippen molar-refractivity contribution in [3.8, 4) is 6.07 Å². The first-order valence-electron chi connectivity index (χ1n) is 7.22. The molecule has 2 rings (SSSR count). The highest BCUT2D eigenvalue weighted by atomic mass is 15.2. The molecule has 1 aliphatic carbocycles. The largest absolute Gasteiger partial charge is 0.330 e. The minimum atomic E-state index is 0.585. The Balaban J connectivity index is 2.13. The van der Waals surface area contributed by atoms with Crippen molar-refractivity contribution in [1.82, 2.24) is 4.90 Å². The number of nitriles is 1. The van der Waals surface area contributed by atoms with E-state index in [1.165, 1.54) is 19.3 Å². The summed E-state index contributed by atoms with van der Waals surface area (Å²) in [7, 11) is 0. The lowest BCUT2D eigenvalue weighted by atomic mass is 10.0. The second-order valence-corrected chi connectivity index (χ2v) is 5.33. The summed E-state index contributed by atoms with van der Waals surface area (Å²) in [6, 6.07) is 10.8. The Morgan fingerprint density at radius 3 is 2.84 bits per heavy atom. The van der Waals surface area contributed by atoms with Crippen LogP contribution in [0.25, 0.3) is 0 Å². The van der Waals surface area contributed by atoms with Gasteiger partial charge in [0.1, 0.15) is 0 Å². The van der Waals surface area contributed by atoms with E-state index >= 15 is 0 Å². The number of hydrogen-bond acceptors (Lipinski definition) is 3. The standard InChI is InChI=1S/C16H23N3/c1-2-19(16-9-5-8-14(16)11-18)12-15-7-4-3-6-13(15)10-17/h3-4,6-7,14,16H,2,5,8-9,11-12,18H2,1H3. The van der Waals surface area contributed by atoms with Gasteiger partial charge in [-0.2, -0.15) is 5.26 Å². The van der Waals surface area contributed by atoms with Gasteiger partial charge in [0.2, 0.25) is 0 Å². The van der Waals surface area contributed by atoms with Crippen LogP contribution in [0, 0.1) is 17.2 Å². The summed E-state index contributed by atoms with van der Waals surface area (Å²) < 4.78 is 0. The Morgan fingerprint density at radius 1 is 1.37 bits per heavy atom. The molecule has 0 aromatic heterocycles. The molecule has 1 saturated carbocycles. The Bertz CT molecular complexity index is 450. The highest BCUT2D eigenvalue weighted by molar-refractivity contribution is 5.37. The summed E-state index contributed by atoms with van der Waals surface area (Å²) in [6.45, 7) is 4.85. The fraction of sp³-hybridized carbons (Fsp3) is 0.562. The molecule has 2 atom stereocenters. The third-order valence-corrected chi connectivity index (χ3v) is 4.31. The Labute approximate surface area is 116 Å². The van der Waals surface area contributed by atoms with Crippen LogP contribution in [0.3, 0.4) is 0 Å². The minimum absolute atomic E-state index is 0.585. The smallest absolute Gasteiger partial charge is 0.0995 e. The van der Waals surface area contributed by atoms with Crippen molar-refractivity contribution in [3.05, 3.63) is 35.4 Å². The number of rotatable bonds is 5. The SMILES string of the molecule is CCN(Cc1ccccc1C#N)C1CCCC1CN. The lowest BCUT2D eigenvalue weighted by Crippen LogP contribution is -2.39. The molecule has 0 bridgehead atoms. The van der Waals surface area contributed by atoms with Crippen LogP contribution in [0.1, 0.15) is 37.3 Å². The predicted molar refractivity (Wildman–Crippen MR) is 77.4 cm³/mol. The van der Waals surface area contributed by atoms with E-state index in [1.807, 2.05) is 18.2 Å². The van der Waals surface area contributed by atoms with Crippen LogP contribution in [0.15, 0.2) is 24.3 Å². The molecule has 3 nitrogen and oxygen atoms in total. The summed E-state index contributed by atoms with van der Waals surface area (Å²) in [6.07, 6.45) is 3.77. The fourth-order valence-corrected chi connectivity index (χ4v) is 3.22. The van der Waals surface area contributed by atoms with E-state index in [1.54, 1.807) is 0 Å². The van der Waals surface area contributed by atoms with Crippen molar-refractivity contribution in [2.24, 2.45) is 11.7 Å². The zero-order valence-corrected chi connectivity index (χ0v) is 11.7. The number of nitrogens with two attached hydrogens (primary N) is 1. The number of hydrogen-bond donors (Lipinski definition) is 1. The van der Waals surface area contributed by atoms with E-state index in [-0.39, 0.29) is 0 Å². The van der Waals surface area contributed by atoms with E-state index in [0.717, 1.165) is 30.8 Å². The Hall–Kier alpha value is -1.37. The van der Waals surface area contributed by atoms with Gasteiger partial charge in [-0.3, -0.25) is 4.90 Å². The second-order valence-electron chi connectivity index (χ2n) is 5.33. The van der Waals surface area contributed by atoms with Crippen LogP contribution in [-0.2, 0) is 6.54 Å². The van der Waals surface area contributed by atoms with Crippen molar-refractivity contribution in [3.63, 3.8) is 0 Å². The Kier molecular flexibility index (Phi) is 4.95. The molecule has 2 N–H and O–H groups in total. The van der Waals surface area contributed by atoms with Gasteiger partial charge in [-0.25, -0.2) is 0 Å². The maximum Gasteiger partial charge on any atom is 0.0995 e. The molecule has 0 aliphatic heterocycles. The van der Waals surface area contributed by atoms with Crippen LogP contribution < -0.4 is 5.73 Å². The van der Waals surface area contributed by atoms with E-state index in [4.69, 9.17) is 5.73 Å². The molecule has 19 heavy (non-hydrogen) atoms. The van der Waals surface area contributed by atoms with Gasteiger partial charge < -0.3 is 5.73 Å². The van der Waals surface area contributed by atoms with Crippen LogP contribution in [-0.4, -0.2) is 24.0 Å². The molecule has 0 spiro atoms. The van der Waals surface area contributed by atoms with Crippen molar-refractivity contribution in [2.45, 2.75) is 38.8 Å². The highest BCUT2D eigenvalue weighted by Gasteiger charge is 2.30. The van der Waals surface area contributed by atoms with Gasteiger partial charge >= 0.3 is 0 Å². The van der Waals surface area contributed by atoms with E-state index in [2.05, 4.69) is 24.0 Å². The summed E-state index contributed by atoms with van der Waals surface area (Å²) >= 11 is 0. The lowest BCUT2D eigenvalue weighted by molar-refractivity contribution is 0.162. The normalized spacial score (nSPS) is 22.6. The number of benzene rings is 1. The van der Waals surface area contributed by atoms with Crippen molar-refractivity contribution in [1.29, 1.82) is 5.26 Å². The van der Waals surface area contributed by atoms with E-state index in [9.17, 15) is 5.26 Å². The maximum absolute atomic E-state index is 9.18. The quantitative estimate of drug-likeness (QED) is 0.881. The molecule has 0 saturated heterocycles. The van der Waals surface area contributed by atoms with Gasteiger partial charge in [-0.15, -0.1) is 0 Å². The monoisotopic (exact) mass is 257 g/mol. The Morgan fingerprint density at radius 2 is 2.16 bits per heavy atom. The maximum atomic E-state index is 9.18. The van der Waals surface area contributed by atoms with Gasteiger partial charge in [0, 0.05) is 12.6 Å². The number of nitrogens with zero attached hydrogens (tertiary/aromatic N) is 2. The van der Waals surface area contributed by atoms with Gasteiger partial charge in [0.25, 0.3) is 0 Å². The van der Waals surface area contributed by atoms with Gasteiger partial charge in [-0.1, -0.05) is 31.5 Å². The molecule has 3 heteroatoms. The zero-order valence-electron chi connectivity index (χ0n) is 11.7. The molecule has 1 aromatic carbocycles. The van der Waals surface area contributed by atoms with Gasteiger partial charge in [0.15, 0.2) is 0 Å². The third kappa shape index (κ3) is 3.15. The molecule has 2 unspecified atom stereocenters. The molecule has 1 fully saturated rings. The molecule has 102 valence electrons. The first-order chi connectivity index (χ1) is 9.30. The molecule has 0 heterocycles. The van der Waals surface area contributed by atoms with E-state index < -0.39 is 0 Å². The van der Waals surface area contributed by atoms with Crippen molar-refractivity contribution in [2.75, 3.05) is 13.1 Å². The van der Waals surface area contributed by atoms with Crippen LogP contribution in [0.2, 0.25) is 0 Å². The molecule has 1 aromatic rings. The molecular formula is C16H23N3. The second kappa shape index (κ2) is 6.70. The first-order valence-corrected chi connectivity index (χ1v) is 7.22. The molecule has 1 aliphatic rings. The summed E-state index contributed by atoms with van der Waals surface area (Å²) in [5.74, 6) is 0.620. The average molecular weight is 257 g/mol. The fourth-order valence-electron chi connectivity index (χ4n) is 3.22. The predicted octanol–water partition coefficient (Wildman–Crippen LogP) is 2.51. The molecule has 0 radical (unpaired) electrons. The summed E-state index contributed by atoms with van der Waals surface area (Å²) in [4.78, 5) is 2.49. The van der Waals surface area contributed by atoms with Crippen LogP contribution in [0.4, 0.5) is 0 Å².